The molecule has 0 bridgehead atoms. The molecule has 20 heavy (non-hydrogen) atoms. The topological polar surface area (TPSA) is 59.3 Å². The number of hydrogen-bond donors (Lipinski definition) is 1. The molecule has 5 nitrogen and oxygen atoms in total. The van der Waals surface area contributed by atoms with Crippen LogP contribution in [0.2, 0.25) is 0 Å². The third-order valence-electron chi connectivity index (χ3n) is 3.09. The van der Waals surface area contributed by atoms with E-state index in [1.807, 2.05) is 37.6 Å². The van der Waals surface area contributed by atoms with Crippen LogP contribution >= 0.6 is 11.3 Å². The SMILES string of the molecule is Cc1cn2ccc(C(=O)Nc3nc(C)c(C)s3)cc2n1. The molecule has 1 amide bonds. The van der Waals surface area contributed by atoms with E-state index in [1.54, 1.807) is 12.1 Å². The molecule has 0 saturated heterocycles. The van der Waals surface area contributed by atoms with E-state index >= 15 is 0 Å². The van der Waals surface area contributed by atoms with E-state index in [2.05, 4.69) is 15.3 Å². The highest BCUT2D eigenvalue weighted by molar-refractivity contribution is 7.15. The summed E-state index contributed by atoms with van der Waals surface area (Å²) in [6.45, 7) is 5.84. The number of amides is 1. The maximum atomic E-state index is 12.2. The number of aromatic nitrogens is 3. The van der Waals surface area contributed by atoms with Crippen LogP contribution in [-0.4, -0.2) is 20.3 Å². The molecule has 0 atom stereocenters. The van der Waals surface area contributed by atoms with Crippen LogP contribution in [0.25, 0.3) is 5.65 Å². The van der Waals surface area contributed by atoms with E-state index in [4.69, 9.17) is 0 Å². The van der Waals surface area contributed by atoms with Crippen molar-refractivity contribution in [1.82, 2.24) is 14.4 Å². The summed E-state index contributed by atoms with van der Waals surface area (Å²) in [6.07, 6.45) is 3.76. The Balaban J connectivity index is 1.88. The van der Waals surface area contributed by atoms with Gasteiger partial charge in [0.25, 0.3) is 5.91 Å². The smallest absolute Gasteiger partial charge is 0.257 e. The van der Waals surface area contributed by atoms with E-state index in [0.717, 1.165) is 21.9 Å². The number of rotatable bonds is 2. The van der Waals surface area contributed by atoms with Crippen LogP contribution in [0.4, 0.5) is 5.13 Å². The number of imidazole rings is 1. The number of carbonyl (C=O) groups excluding carboxylic acids is 1. The number of aryl methyl sites for hydroxylation is 3. The minimum absolute atomic E-state index is 0.165. The van der Waals surface area contributed by atoms with E-state index in [9.17, 15) is 4.79 Å². The monoisotopic (exact) mass is 286 g/mol. The van der Waals surface area contributed by atoms with Gasteiger partial charge in [0.2, 0.25) is 0 Å². The Morgan fingerprint density at radius 2 is 2.10 bits per heavy atom. The Hall–Kier alpha value is -2.21. The van der Waals surface area contributed by atoms with Gasteiger partial charge in [-0.15, -0.1) is 11.3 Å². The average Bonchev–Trinajstić information content (AvgIpc) is 2.90. The molecule has 0 radical (unpaired) electrons. The molecule has 0 unspecified atom stereocenters. The van der Waals surface area contributed by atoms with Gasteiger partial charge in [0, 0.05) is 22.8 Å². The fourth-order valence-electron chi connectivity index (χ4n) is 1.95. The van der Waals surface area contributed by atoms with E-state index in [-0.39, 0.29) is 5.91 Å². The Bertz CT molecular complexity index is 783. The highest BCUT2D eigenvalue weighted by Gasteiger charge is 2.11. The molecule has 0 aliphatic rings. The van der Waals surface area contributed by atoms with Crippen molar-refractivity contribution in [3.63, 3.8) is 0 Å². The predicted molar refractivity (Wildman–Crippen MR) is 79.5 cm³/mol. The van der Waals surface area contributed by atoms with Crippen LogP contribution < -0.4 is 5.32 Å². The quantitative estimate of drug-likeness (QED) is 0.788. The lowest BCUT2D eigenvalue weighted by molar-refractivity contribution is 0.102. The Kier molecular flexibility index (Phi) is 3.02. The second-order valence-corrected chi connectivity index (χ2v) is 5.88. The van der Waals surface area contributed by atoms with Crippen LogP contribution in [0.1, 0.15) is 26.6 Å². The van der Waals surface area contributed by atoms with Crippen molar-refractivity contribution >= 4 is 28.0 Å². The predicted octanol–water partition coefficient (Wildman–Crippen LogP) is 2.97. The van der Waals surface area contributed by atoms with Crippen LogP contribution in [0.5, 0.6) is 0 Å². The van der Waals surface area contributed by atoms with Crippen molar-refractivity contribution in [2.24, 2.45) is 0 Å². The zero-order chi connectivity index (χ0) is 14.3. The highest BCUT2D eigenvalue weighted by atomic mass is 32.1. The second kappa shape index (κ2) is 4.72. The first-order valence-corrected chi connectivity index (χ1v) is 7.05. The normalized spacial score (nSPS) is 10.9. The Morgan fingerprint density at radius 3 is 2.80 bits per heavy atom. The molecule has 3 aromatic heterocycles. The maximum absolute atomic E-state index is 12.2. The van der Waals surface area contributed by atoms with Crippen molar-refractivity contribution in [2.45, 2.75) is 20.8 Å². The largest absolute Gasteiger partial charge is 0.307 e. The van der Waals surface area contributed by atoms with Crippen molar-refractivity contribution in [1.29, 1.82) is 0 Å². The summed E-state index contributed by atoms with van der Waals surface area (Å²) in [7, 11) is 0. The van der Waals surface area contributed by atoms with Gasteiger partial charge < -0.3 is 4.40 Å². The summed E-state index contributed by atoms with van der Waals surface area (Å²) >= 11 is 1.48. The molecule has 0 fully saturated rings. The molecule has 102 valence electrons. The minimum atomic E-state index is -0.165. The van der Waals surface area contributed by atoms with E-state index in [0.29, 0.717) is 10.7 Å². The molecule has 3 heterocycles. The lowest BCUT2D eigenvalue weighted by Gasteiger charge is -2.02. The van der Waals surface area contributed by atoms with Crippen molar-refractivity contribution < 1.29 is 4.79 Å². The molecule has 6 heteroatoms. The Morgan fingerprint density at radius 1 is 1.30 bits per heavy atom. The third kappa shape index (κ3) is 2.30. The van der Waals surface area contributed by atoms with Gasteiger partial charge in [0.1, 0.15) is 5.65 Å². The van der Waals surface area contributed by atoms with Crippen molar-refractivity contribution in [2.75, 3.05) is 5.32 Å². The molecule has 1 N–H and O–H groups in total. The van der Waals surface area contributed by atoms with Crippen molar-refractivity contribution in [3.8, 4) is 0 Å². The summed E-state index contributed by atoms with van der Waals surface area (Å²) in [5.41, 5.74) is 3.22. The standard InChI is InChI=1S/C14H14N4OS/c1-8-7-18-5-4-11(6-12(18)15-8)13(19)17-14-16-9(2)10(3)20-14/h4-7H,1-3H3,(H,16,17,19). The highest BCUT2D eigenvalue weighted by Crippen LogP contribution is 2.21. The maximum Gasteiger partial charge on any atom is 0.257 e. The number of carbonyl (C=O) groups is 1. The molecule has 0 aliphatic heterocycles. The summed E-state index contributed by atoms with van der Waals surface area (Å²) < 4.78 is 1.89. The molecule has 0 aliphatic carbocycles. The summed E-state index contributed by atoms with van der Waals surface area (Å²) in [5, 5.41) is 3.45. The minimum Gasteiger partial charge on any atom is -0.307 e. The second-order valence-electron chi connectivity index (χ2n) is 4.68. The zero-order valence-corrected chi connectivity index (χ0v) is 12.3. The fourth-order valence-corrected chi connectivity index (χ4v) is 2.76. The molecule has 0 spiro atoms. The first-order valence-electron chi connectivity index (χ1n) is 6.23. The fraction of sp³-hybridized carbons (Fsp3) is 0.214. The van der Waals surface area contributed by atoms with Gasteiger partial charge in [0.05, 0.1) is 11.4 Å². The first kappa shape index (κ1) is 12.8. The van der Waals surface area contributed by atoms with Gasteiger partial charge in [-0.05, 0) is 32.9 Å². The summed E-state index contributed by atoms with van der Waals surface area (Å²) in [4.78, 5) is 22.0. The summed E-state index contributed by atoms with van der Waals surface area (Å²) in [5.74, 6) is -0.165. The number of thiazole rings is 1. The zero-order valence-electron chi connectivity index (χ0n) is 11.5. The molecular weight excluding hydrogens is 272 g/mol. The first-order chi connectivity index (χ1) is 9.52. The van der Waals surface area contributed by atoms with Crippen LogP contribution in [0, 0.1) is 20.8 Å². The molecule has 0 saturated carbocycles. The average molecular weight is 286 g/mol. The molecular formula is C14H14N4OS. The number of anilines is 1. The van der Waals surface area contributed by atoms with Gasteiger partial charge in [-0.2, -0.15) is 0 Å². The van der Waals surface area contributed by atoms with Crippen LogP contribution in [-0.2, 0) is 0 Å². The number of nitrogens with one attached hydrogen (secondary N) is 1. The van der Waals surface area contributed by atoms with E-state index < -0.39 is 0 Å². The van der Waals surface area contributed by atoms with Gasteiger partial charge in [-0.3, -0.25) is 10.1 Å². The molecule has 0 aromatic carbocycles. The molecule has 3 rings (SSSR count). The molecule has 3 aromatic rings. The van der Waals surface area contributed by atoms with Gasteiger partial charge in [-0.25, -0.2) is 9.97 Å². The van der Waals surface area contributed by atoms with Gasteiger partial charge in [-0.1, -0.05) is 0 Å². The lowest BCUT2D eigenvalue weighted by Crippen LogP contribution is -2.12. The summed E-state index contributed by atoms with van der Waals surface area (Å²) in [6, 6.07) is 3.55. The van der Waals surface area contributed by atoms with Gasteiger partial charge >= 0.3 is 0 Å². The lowest BCUT2D eigenvalue weighted by atomic mass is 10.2. The number of pyridine rings is 1. The van der Waals surface area contributed by atoms with Crippen LogP contribution in [0.3, 0.4) is 0 Å². The van der Waals surface area contributed by atoms with Crippen LogP contribution in [0.15, 0.2) is 24.5 Å². The van der Waals surface area contributed by atoms with Crippen molar-refractivity contribution in [3.05, 3.63) is 46.4 Å². The number of hydrogen-bond acceptors (Lipinski definition) is 4. The Labute approximate surface area is 120 Å². The number of fused-ring (bicyclic) bond motifs is 1. The number of nitrogens with zero attached hydrogens (tertiary/aromatic N) is 3. The van der Waals surface area contributed by atoms with Gasteiger partial charge in [0.15, 0.2) is 5.13 Å². The van der Waals surface area contributed by atoms with E-state index in [1.165, 1.54) is 11.3 Å². The third-order valence-corrected chi connectivity index (χ3v) is 4.08.